The highest BCUT2D eigenvalue weighted by molar-refractivity contribution is 5.94. The van der Waals surface area contributed by atoms with Crippen molar-refractivity contribution in [3.63, 3.8) is 0 Å². The highest BCUT2D eigenvalue weighted by Gasteiger charge is 2.32. The third-order valence-electron chi connectivity index (χ3n) is 4.18. The van der Waals surface area contributed by atoms with Crippen molar-refractivity contribution in [3.05, 3.63) is 35.1 Å². The average molecular weight is 315 g/mol. The fourth-order valence-corrected chi connectivity index (χ4v) is 2.73. The van der Waals surface area contributed by atoms with Gasteiger partial charge in [-0.3, -0.25) is 4.79 Å². The smallest absolute Gasteiger partial charge is 0.266 e. The van der Waals surface area contributed by atoms with Crippen LogP contribution in [0.3, 0.4) is 0 Å². The van der Waals surface area contributed by atoms with E-state index in [4.69, 9.17) is 4.74 Å². The summed E-state index contributed by atoms with van der Waals surface area (Å²) in [5.41, 5.74) is -1.12. The zero-order valence-corrected chi connectivity index (χ0v) is 12.7. The third kappa shape index (κ3) is 3.80. The Labute approximate surface area is 127 Å². The average Bonchev–Trinajstić information content (AvgIpc) is 2.47. The van der Waals surface area contributed by atoms with Crippen molar-refractivity contribution in [1.82, 2.24) is 5.32 Å². The number of hydrogen-bond donors (Lipinski definition) is 1. The van der Waals surface area contributed by atoms with E-state index in [-0.39, 0.29) is 11.5 Å². The van der Waals surface area contributed by atoms with E-state index in [0.29, 0.717) is 13.2 Å². The zero-order chi connectivity index (χ0) is 16.3. The Balaban J connectivity index is 2.09. The fraction of sp³-hybridized carbons (Fsp3) is 0.562. The van der Waals surface area contributed by atoms with Gasteiger partial charge >= 0.3 is 0 Å². The molecule has 1 aliphatic rings. The Morgan fingerprint density at radius 1 is 1.32 bits per heavy atom. The number of carbonyl (C=O) groups is 1. The van der Waals surface area contributed by atoms with Crippen LogP contribution < -0.4 is 5.32 Å². The predicted molar refractivity (Wildman–Crippen MR) is 76.4 cm³/mol. The number of amides is 1. The van der Waals surface area contributed by atoms with Crippen molar-refractivity contribution in [1.29, 1.82) is 0 Å². The molecule has 1 fully saturated rings. The molecule has 1 saturated heterocycles. The van der Waals surface area contributed by atoms with Gasteiger partial charge < -0.3 is 10.1 Å². The molecule has 1 aromatic rings. The molecular formula is C16H20F3NO2. The van der Waals surface area contributed by atoms with E-state index in [1.54, 1.807) is 0 Å². The summed E-state index contributed by atoms with van der Waals surface area (Å²) in [7, 11) is 0. The van der Waals surface area contributed by atoms with Crippen molar-refractivity contribution in [2.75, 3.05) is 13.2 Å². The van der Waals surface area contributed by atoms with E-state index >= 15 is 0 Å². The van der Waals surface area contributed by atoms with E-state index in [1.165, 1.54) is 6.07 Å². The van der Waals surface area contributed by atoms with Crippen LogP contribution in [0.25, 0.3) is 0 Å². The van der Waals surface area contributed by atoms with Crippen molar-refractivity contribution in [3.8, 4) is 0 Å². The minimum absolute atomic E-state index is 0.0436. The molecule has 0 atom stereocenters. The summed E-state index contributed by atoms with van der Waals surface area (Å²) in [5, 5.41) is 2.87. The Morgan fingerprint density at radius 3 is 2.50 bits per heavy atom. The second kappa shape index (κ2) is 6.69. The largest absolute Gasteiger partial charge is 0.381 e. The lowest BCUT2D eigenvalue weighted by molar-refractivity contribution is 0.0355. The minimum atomic E-state index is -2.89. The van der Waals surface area contributed by atoms with Gasteiger partial charge in [0.05, 0.1) is 5.56 Å². The molecule has 0 aromatic heterocycles. The first-order valence-electron chi connectivity index (χ1n) is 7.29. The van der Waals surface area contributed by atoms with Crippen molar-refractivity contribution >= 4 is 5.91 Å². The first-order valence-corrected chi connectivity index (χ1v) is 7.29. The van der Waals surface area contributed by atoms with Crippen molar-refractivity contribution in [2.45, 2.75) is 38.7 Å². The maximum absolute atomic E-state index is 13.6. The lowest BCUT2D eigenvalue weighted by Gasteiger charge is -2.37. The third-order valence-corrected chi connectivity index (χ3v) is 4.18. The highest BCUT2D eigenvalue weighted by Crippen LogP contribution is 2.28. The van der Waals surface area contributed by atoms with Gasteiger partial charge in [0, 0.05) is 24.3 Å². The second-order valence-corrected chi connectivity index (χ2v) is 6.10. The van der Waals surface area contributed by atoms with Gasteiger partial charge in [0.15, 0.2) is 0 Å². The molecule has 3 nitrogen and oxygen atoms in total. The van der Waals surface area contributed by atoms with E-state index in [2.05, 4.69) is 5.32 Å². The molecule has 0 saturated carbocycles. The summed E-state index contributed by atoms with van der Waals surface area (Å²) in [6.45, 7) is 5.12. The summed E-state index contributed by atoms with van der Waals surface area (Å²) in [6, 6.07) is 3.03. The lowest BCUT2D eigenvalue weighted by atomic mass is 9.81. The van der Waals surface area contributed by atoms with Crippen LogP contribution in [0, 0.1) is 11.7 Å². The SMILES string of the molecule is CC(C)(NC(=O)c1ccc(C(F)F)c(F)c1)C1CCOCC1. The first-order chi connectivity index (χ1) is 10.3. The molecule has 1 heterocycles. The number of hydrogen-bond acceptors (Lipinski definition) is 2. The summed E-state index contributed by atoms with van der Waals surface area (Å²) in [4.78, 5) is 12.2. The maximum atomic E-state index is 13.6. The molecule has 0 spiro atoms. The van der Waals surface area contributed by atoms with Crippen LogP contribution in [0.4, 0.5) is 13.2 Å². The normalized spacial score (nSPS) is 16.8. The molecule has 22 heavy (non-hydrogen) atoms. The van der Waals surface area contributed by atoms with Crippen molar-refractivity contribution in [2.24, 2.45) is 5.92 Å². The first kappa shape index (κ1) is 16.8. The van der Waals surface area contributed by atoms with Crippen LogP contribution in [0.1, 0.15) is 49.0 Å². The summed E-state index contributed by atoms with van der Waals surface area (Å²) < 4.78 is 43.9. The van der Waals surface area contributed by atoms with Gasteiger partial charge in [0.25, 0.3) is 12.3 Å². The molecule has 1 aliphatic heterocycles. The Morgan fingerprint density at radius 2 is 1.95 bits per heavy atom. The molecule has 0 unspecified atom stereocenters. The molecule has 0 radical (unpaired) electrons. The zero-order valence-electron chi connectivity index (χ0n) is 12.7. The molecule has 1 amide bonds. The summed E-state index contributed by atoms with van der Waals surface area (Å²) in [5.74, 6) is -1.27. The van der Waals surface area contributed by atoms with E-state index in [0.717, 1.165) is 25.0 Å². The Hall–Kier alpha value is -1.56. The molecule has 1 N–H and O–H groups in total. The van der Waals surface area contributed by atoms with Crippen LogP contribution in [0.2, 0.25) is 0 Å². The molecule has 122 valence electrons. The highest BCUT2D eigenvalue weighted by atomic mass is 19.3. The Bertz CT molecular complexity index is 540. The van der Waals surface area contributed by atoms with Gasteiger partial charge in [-0.2, -0.15) is 0 Å². The lowest BCUT2D eigenvalue weighted by Crippen LogP contribution is -2.50. The second-order valence-electron chi connectivity index (χ2n) is 6.10. The van der Waals surface area contributed by atoms with Gasteiger partial charge in [-0.1, -0.05) is 0 Å². The van der Waals surface area contributed by atoms with Gasteiger partial charge in [0.1, 0.15) is 5.82 Å². The van der Waals surface area contributed by atoms with Crippen LogP contribution >= 0.6 is 0 Å². The number of carbonyl (C=O) groups excluding carboxylic acids is 1. The summed E-state index contributed by atoms with van der Waals surface area (Å²) >= 11 is 0. The quantitative estimate of drug-likeness (QED) is 0.920. The molecule has 6 heteroatoms. The number of alkyl halides is 2. The molecule has 0 aliphatic carbocycles. The number of benzene rings is 1. The molecular weight excluding hydrogens is 295 g/mol. The van der Waals surface area contributed by atoms with Crippen molar-refractivity contribution < 1.29 is 22.7 Å². The van der Waals surface area contributed by atoms with E-state index in [1.807, 2.05) is 13.8 Å². The molecule has 2 rings (SSSR count). The fourth-order valence-electron chi connectivity index (χ4n) is 2.73. The van der Waals surface area contributed by atoms with Gasteiger partial charge in [-0.05, 0) is 50.8 Å². The van der Waals surface area contributed by atoms with Crippen LogP contribution in [-0.2, 0) is 4.74 Å². The monoisotopic (exact) mass is 315 g/mol. The van der Waals surface area contributed by atoms with Crippen LogP contribution in [-0.4, -0.2) is 24.7 Å². The van der Waals surface area contributed by atoms with Crippen LogP contribution in [0.15, 0.2) is 18.2 Å². The topological polar surface area (TPSA) is 38.3 Å². The maximum Gasteiger partial charge on any atom is 0.266 e. The van der Waals surface area contributed by atoms with Gasteiger partial charge in [0.2, 0.25) is 0 Å². The molecule has 1 aromatic carbocycles. The number of rotatable bonds is 4. The number of halogens is 3. The summed E-state index contributed by atoms with van der Waals surface area (Å²) in [6.07, 6.45) is -1.21. The van der Waals surface area contributed by atoms with Crippen LogP contribution in [0.5, 0.6) is 0 Å². The van der Waals surface area contributed by atoms with Gasteiger partial charge in [-0.25, -0.2) is 13.2 Å². The molecule has 0 bridgehead atoms. The van der Waals surface area contributed by atoms with Gasteiger partial charge in [-0.15, -0.1) is 0 Å². The standard InChI is InChI=1S/C16H20F3NO2/c1-16(2,11-5-7-22-8-6-11)20-15(21)10-3-4-12(14(18)19)13(17)9-10/h3-4,9,11,14H,5-8H2,1-2H3,(H,20,21). The Kier molecular flexibility index (Phi) is 5.11. The van der Waals surface area contributed by atoms with E-state index in [9.17, 15) is 18.0 Å². The minimum Gasteiger partial charge on any atom is -0.381 e. The number of nitrogens with one attached hydrogen (secondary N) is 1. The predicted octanol–water partition coefficient (Wildman–Crippen LogP) is 3.70. The number of ether oxygens (including phenoxy) is 1. The van der Waals surface area contributed by atoms with E-state index < -0.39 is 29.3 Å².